The van der Waals surface area contributed by atoms with Gasteiger partial charge in [-0.3, -0.25) is 4.98 Å². The zero-order valence-electron chi connectivity index (χ0n) is 22.0. The highest BCUT2D eigenvalue weighted by molar-refractivity contribution is 5.45. The predicted octanol–water partition coefficient (Wildman–Crippen LogP) is 4.46. The molecule has 2 N–H and O–H groups in total. The molecule has 38 heavy (non-hydrogen) atoms. The quantitative estimate of drug-likeness (QED) is 0.480. The Hall–Kier alpha value is -3.32. The van der Waals surface area contributed by atoms with Crippen molar-refractivity contribution in [3.8, 4) is 11.8 Å². The SMILES string of the molecule is CC(C)c1ccc(C(O)(c2cncc(C#CC(C)(O)c3ccnc(C(F)(F)F)n3)c2)C2(C)CN(C)C2)cc1. The summed E-state index contributed by atoms with van der Waals surface area (Å²) in [5, 5.41) is 23.1. The molecule has 1 saturated heterocycles. The molecule has 2 aromatic heterocycles. The molecule has 6 nitrogen and oxygen atoms in total. The number of halogens is 3. The van der Waals surface area contributed by atoms with E-state index in [2.05, 4.69) is 45.5 Å². The van der Waals surface area contributed by atoms with Crippen molar-refractivity contribution in [2.45, 2.75) is 51.0 Å². The lowest BCUT2D eigenvalue weighted by atomic mass is 9.62. The first-order chi connectivity index (χ1) is 17.7. The second kappa shape index (κ2) is 9.77. The van der Waals surface area contributed by atoms with E-state index in [0.717, 1.165) is 17.3 Å². The average molecular weight is 525 g/mol. The molecule has 0 aliphatic carbocycles. The summed E-state index contributed by atoms with van der Waals surface area (Å²) in [6.45, 7) is 8.83. The minimum atomic E-state index is -4.75. The maximum Gasteiger partial charge on any atom is 0.451 e. The zero-order valence-corrected chi connectivity index (χ0v) is 22.0. The Morgan fingerprint density at radius 3 is 2.26 bits per heavy atom. The number of rotatable bonds is 5. The molecule has 0 spiro atoms. The van der Waals surface area contributed by atoms with Crippen LogP contribution in [0.3, 0.4) is 0 Å². The maximum absolute atomic E-state index is 13.0. The lowest BCUT2D eigenvalue weighted by Crippen LogP contribution is -2.63. The number of aromatic nitrogens is 3. The maximum atomic E-state index is 13.0. The monoisotopic (exact) mass is 524 g/mol. The fourth-order valence-corrected chi connectivity index (χ4v) is 5.08. The highest BCUT2D eigenvalue weighted by atomic mass is 19.4. The van der Waals surface area contributed by atoms with Crippen LogP contribution in [0.4, 0.5) is 13.2 Å². The molecule has 9 heteroatoms. The number of alkyl halides is 3. The highest BCUT2D eigenvalue weighted by Crippen LogP contribution is 2.50. The van der Waals surface area contributed by atoms with E-state index in [-0.39, 0.29) is 5.69 Å². The van der Waals surface area contributed by atoms with Crippen molar-refractivity contribution in [2.75, 3.05) is 20.1 Å². The van der Waals surface area contributed by atoms with Crippen molar-refractivity contribution in [2.24, 2.45) is 5.41 Å². The zero-order chi connectivity index (χ0) is 27.9. The van der Waals surface area contributed by atoms with Crippen LogP contribution in [0.25, 0.3) is 0 Å². The summed E-state index contributed by atoms with van der Waals surface area (Å²) in [6, 6.07) is 10.8. The molecule has 1 aliphatic rings. The number of benzene rings is 1. The van der Waals surface area contributed by atoms with Gasteiger partial charge in [-0.1, -0.05) is 56.9 Å². The van der Waals surface area contributed by atoms with Crippen LogP contribution in [0, 0.1) is 17.3 Å². The minimum absolute atomic E-state index is 0.275. The number of aliphatic hydroxyl groups is 2. The summed E-state index contributed by atoms with van der Waals surface area (Å²) in [5.74, 6) is 4.39. The van der Waals surface area contributed by atoms with Crippen molar-refractivity contribution in [3.05, 3.63) is 88.8 Å². The molecule has 4 rings (SSSR count). The summed E-state index contributed by atoms with van der Waals surface area (Å²) < 4.78 is 39.1. The van der Waals surface area contributed by atoms with E-state index in [1.165, 1.54) is 19.2 Å². The second-order valence-electron chi connectivity index (χ2n) is 10.8. The van der Waals surface area contributed by atoms with Gasteiger partial charge in [-0.25, -0.2) is 9.97 Å². The van der Waals surface area contributed by atoms with Crippen LogP contribution in [-0.2, 0) is 17.4 Å². The molecular weight excluding hydrogens is 493 g/mol. The van der Waals surface area contributed by atoms with Crippen molar-refractivity contribution in [3.63, 3.8) is 0 Å². The fourth-order valence-electron chi connectivity index (χ4n) is 5.08. The Morgan fingerprint density at radius 1 is 1.03 bits per heavy atom. The Labute approximate surface area is 220 Å². The van der Waals surface area contributed by atoms with Gasteiger partial charge >= 0.3 is 6.18 Å². The normalized spacial score (nSPS) is 18.6. The molecule has 0 radical (unpaired) electrons. The van der Waals surface area contributed by atoms with Gasteiger partial charge in [-0.05, 0) is 43.1 Å². The molecule has 0 amide bonds. The molecule has 1 aromatic carbocycles. The molecule has 0 bridgehead atoms. The highest BCUT2D eigenvalue weighted by Gasteiger charge is 2.55. The number of pyridine rings is 1. The molecule has 3 heterocycles. The summed E-state index contributed by atoms with van der Waals surface area (Å²) in [6.07, 6.45) is -0.736. The van der Waals surface area contributed by atoms with Crippen LogP contribution in [0.1, 0.15) is 67.4 Å². The molecule has 0 saturated carbocycles. The van der Waals surface area contributed by atoms with E-state index in [9.17, 15) is 23.4 Å². The van der Waals surface area contributed by atoms with Crippen molar-refractivity contribution in [1.29, 1.82) is 0 Å². The van der Waals surface area contributed by atoms with Crippen LogP contribution >= 0.6 is 0 Å². The van der Waals surface area contributed by atoms with E-state index >= 15 is 0 Å². The third-order valence-corrected chi connectivity index (χ3v) is 7.12. The molecule has 2 atom stereocenters. The first-order valence-corrected chi connectivity index (χ1v) is 12.3. The number of hydrogen-bond acceptors (Lipinski definition) is 6. The van der Waals surface area contributed by atoms with Gasteiger partial charge in [0.1, 0.15) is 5.60 Å². The van der Waals surface area contributed by atoms with Gasteiger partial charge in [0.15, 0.2) is 5.60 Å². The summed E-state index contributed by atoms with van der Waals surface area (Å²) >= 11 is 0. The summed E-state index contributed by atoms with van der Waals surface area (Å²) in [7, 11) is 1.99. The van der Waals surface area contributed by atoms with E-state index < -0.39 is 28.6 Å². The Bertz CT molecular complexity index is 1370. The largest absolute Gasteiger partial charge is 0.451 e. The first-order valence-electron chi connectivity index (χ1n) is 12.3. The Morgan fingerprint density at radius 2 is 1.68 bits per heavy atom. The molecule has 1 aliphatic heterocycles. The van der Waals surface area contributed by atoms with Crippen LogP contribution < -0.4 is 0 Å². The van der Waals surface area contributed by atoms with E-state index in [0.29, 0.717) is 30.1 Å². The fraction of sp³-hybridized carbons (Fsp3) is 0.414. The number of nitrogens with zero attached hydrogens (tertiary/aromatic N) is 4. The molecule has 2 unspecified atom stereocenters. The van der Waals surface area contributed by atoms with Crippen LogP contribution in [-0.4, -0.2) is 50.2 Å². The predicted molar refractivity (Wildman–Crippen MR) is 137 cm³/mol. The standard InChI is InChI=1S/C29H31F3N4O2/c1-19(2)21-6-8-22(9-7-21)28(38,26(3)17-36(5)18-26)23-14-20(15-33-16-23)10-12-27(4,37)24-11-13-34-25(35-24)29(30,31)32/h6-9,11,13-16,19,37-38H,17-18H2,1-5H3. The molecular formula is C29H31F3N4O2. The van der Waals surface area contributed by atoms with Gasteiger partial charge in [-0.15, -0.1) is 0 Å². The van der Waals surface area contributed by atoms with Gasteiger partial charge in [-0.2, -0.15) is 13.2 Å². The topological polar surface area (TPSA) is 82.4 Å². The molecule has 200 valence electrons. The number of hydrogen-bond donors (Lipinski definition) is 2. The molecule has 3 aromatic rings. The lowest BCUT2D eigenvalue weighted by Gasteiger charge is -2.55. The van der Waals surface area contributed by atoms with Gasteiger partial charge in [0.05, 0.1) is 5.69 Å². The van der Waals surface area contributed by atoms with E-state index in [4.69, 9.17) is 0 Å². The Balaban J connectivity index is 1.73. The summed E-state index contributed by atoms with van der Waals surface area (Å²) in [4.78, 5) is 13.1. The summed E-state index contributed by atoms with van der Waals surface area (Å²) in [5.41, 5.74) is -1.32. The third-order valence-electron chi connectivity index (χ3n) is 7.12. The van der Waals surface area contributed by atoms with E-state index in [1.54, 1.807) is 12.3 Å². The smallest absolute Gasteiger partial charge is 0.380 e. The number of likely N-dealkylation sites (tertiary alicyclic amines) is 1. The first kappa shape index (κ1) is 27.7. The van der Waals surface area contributed by atoms with Gasteiger partial charge in [0, 0.05) is 48.2 Å². The lowest BCUT2D eigenvalue weighted by molar-refractivity contribution is -0.145. The minimum Gasteiger partial charge on any atom is -0.380 e. The van der Waals surface area contributed by atoms with Crippen LogP contribution in [0.15, 0.2) is 55.0 Å². The third kappa shape index (κ3) is 5.17. The van der Waals surface area contributed by atoms with Crippen LogP contribution in [0.5, 0.6) is 0 Å². The van der Waals surface area contributed by atoms with Crippen molar-refractivity contribution < 1.29 is 23.4 Å². The van der Waals surface area contributed by atoms with Gasteiger partial charge in [0.2, 0.25) is 5.82 Å². The van der Waals surface area contributed by atoms with E-state index in [1.807, 2.05) is 38.2 Å². The van der Waals surface area contributed by atoms with Gasteiger partial charge < -0.3 is 15.1 Å². The molecule has 1 fully saturated rings. The van der Waals surface area contributed by atoms with Crippen molar-refractivity contribution >= 4 is 0 Å². The second-order valence-corrected chi connectivity index (χ2v) is 10.8. The van der Waals surface area contributed by atoms with Crippen molar-refractivity contribution in [1.82, 2.24) is 19.9 Å². The van der Waals surface area contributed by atoms with Gasteiger partial charge in [0.25, 0.3) is 0 Å². The van der Waals surface area contributed by atoms with Crippen LogP contribution in [0.2, 0.25) is 0 Å². The Kier molecular flexibility index (Phi) is 7.12. The average Bonchev–Trinajstić information content (AvgIpc) is 2.86.